The Morgan fingerprint density at radius 1 is 1.03 bits per heavy atom. The van der Waals surface area contributed by atoms with Crippen LogP contribution in [0.25, 0.3) is 11.1 Å². The number of aliphatic carboxylic acids is 1. The van der Waals surface area contributed by atoms with Crippen molar-refractivity contribution in [3.05, 3.63) is 59.7 Å². The van der Waals surface area contributed by atoms with Crippen molar-refractivity contribution in [1.82, 2.24) is 10.2 Å². The van der Waals surface area contributed by atoms with E-state index in [-0.39, 0.29) is 49.2 Å². The number of benzene rings is 2. The van der Waals surface area contributed by atoms with Crippen molar-refractivity contribution in [2.75, 3.05) is 19.7 Å². The Morgan fingerprint density at radius 3 is 2.18 bits per heavy atom. The molecular formula is C27H32N2O5. The molecule has 2 aliphatic rings. The van der Waals surface area contributed by atoms with E-state index in [2.05, 4.69) is 29.6 Å². The second kappa shape index (κ2) is 10.3. The van der Waals surface area contributed by atoms with Crippen LogP contribution in [0.4, 0.5) is 4.79 Å². The third-order valence-corrected chi connectivity index (χ3v) is 6.92. The fourth-order valence-electron chi connectivity index (χ4n) is 4.85. The number of carbonyl (C=O) groups is 3. The van der Waals surface area contributed by atoms with E-state index in [9.17, 15) is 14.4 Å². The number of nitrogens with one attached hydrogen (secondary N) is 1. The van der Waals surface area contributed by atoms with Gasteiger partial charge in [0.15, 0.2) is 0 Å². The number of carboxylic acid groups (broad SMARTS) is 1. The van der Waals surface area contributed by atoms with Crippen LogP contribution < -0.4 is 5.32 Å². The van der Waals surface area contributed by atoms with Crippen molar-refractivity contribution >= 4 is 18.0 Å². The summed E-state index contributed by atoms with van der Waals surface area (Å²) in [7, 11) is 0. The molecule has 2 aromatic rings. The molecule has 1 fully saturated rings. The Hall–Kier alpha value is -3.35. The zero-order valence-electron chi connectivity index (χ0n) is 19.7. The lowest BCUT2D eigenvalue weighted by molar-refractivity contribution is -0.139. The molecule has 2 N–H and O–H groups in total. The van der Waals surface area contributed by atoms with E-state index < -0.39 is 12.1 Å². The smallest absolute Gasteiger partial charge is 0.407 e. The topological polar surface area (TPSA) is 95.9 Å². The van der Waals surface area contributed by atoms with Crippen LogP contribution in [0.2, 0.25) is 0 Å². The summed E-state index contributed by atoms with van der Waals surface area (Å²) in [5, 5.41) is 11.7. The van der Waals surface area contributed by atoms with E-state index in [4.69, 9.17) is 9.84 Å². The molecule has 0 spiro atoms. The number of amides is 2. The van der Waals surface area contributed by atoms with Crippen molar-refractivity contribution in [1.29, 1.82) is 0 Å². The van der Waals surface area contributed by atoms with Gasteiger partial charge in [0.2, 0.25) is 5.91 Å². The first kappa shape index (κ1) is 23.8. The third-order valence-electron chi connectivity index (χ3n) is 6.92. The Balaban J connectivity index is 1.29. The molecule has 0 radical (unpaired) electrons. The fraction of sp³-hybridized carbons (Fsp3) is 0.444. The number of alkyl carbamates (subject to hydrolysis) is 1. The normalized spacial score (nSPS) is 15.9. The summed E-state index contributed by atoms with van der Waals surface area (Å²) >= 11 is 0. The van der Waals surface area contributed by atoms with Crippen LogP contribution in [0.5, 0.6) is 0 Å². The van der Waals surface area contributed by atoms with Gasteiger partial charge >= 0.3 is 12.1 Å². The summed E-state index contributed by atoms with van der Waals surface area (Å²) in [6.07, 6.45) is 0.402. The van der Waals surface area contributed by atoms with E-state index in [0.29, 0.717) is 19.5 Å². The highest BCUT2D eigenvalue weighted by Gasteiger charge is 2.33. The van der Waals surface area contributed by atoms with Gasteiger partial charge < -0.3 is 20.1 Å². The van der Waals surface area contributed by atoms with Gasteiger partial charge in [-0.15, -0.1) is 0 Å². The second-order valence-corrected chi connectivity index (χ2v) is 9.62. The molecule has 0 bridgehead atoms. The van der Waals surface area contributed by atoms with E-state index in [1.807, 2.05) is 38.1 Å². The molecule has 2 amide bonds. The zero-order valence-corrected chi connectivity index (χ0v) is 19.7. The van der Waals surface area contributed by atoms with Gasteiger partial charge in [-0.2, -0.15) is 0 Å². The third kappa shape index (κ3) is 5.24. The number of fused-ring (bicyclic) bond motifs is 3. The maximum atomic E-state index is 12.7. The number of hydrogen-bond donors (Lipinski definition) is 2. The number of likely N-dealkylation sites (tertiary alicyclic amines) is 1. The summed E-state index contributed by atoms with van der Waals surface area (Å²) < 4.78 is 5.64. The lowest BCUT2D eigenvalue weighted by atomic mass is 9.93. The van der Waals surface area contributed by atoms with E-state index in [0.717, 1.165) is 11.1 Å². The average molecular weight is 465 g/mol. The zero-order chi connectivity index (χ0) is 24.2. The van der Waals surface area contributed by atoms with Crippen LogP contribution >= 0.6 is 0 Å². The molecule has 1 atom stereocenters. The molecule has 1 heterocycles. The Labute approximate surface area is 200 Å². The molecule has 1 saturated heterocycles. The highest BCUT2D eigenvalue weighted by Crippen LogP contribution is 2.44. The SMILES string of the molecule is CC(C)C(CC(=O)N1CC(CCC(=O)O)C1)NC(=O)OCC1c2ccccc2-c2ccccc21. The predicted molar refractivity (Wildman–Crippen MR) is 128 cm³/mol. The van der Waals surface area contributed by atoms with Crippen molar-refractivity contribution in [2.45, 2.75) is 45.1 Å². The minimum Gasteiger partial charge on any atom is -0.481 e. The highest BCUT2D eigenvalue weighted by molar-refractivity contribution is 5.80. The monoisotopic (exact) mass is 464 g/mol. The molecule has 2 aromatic carbocycles. The van der Waals surface area contributed by atoms with Crippen LogP contribution in [0.3, 0.4) is 0 Å². The summed E-state index contributed by atoms with van der Waals surface area (Å²) in [6.45, 7) is 5.33. The standard InChI is InChI=1S/C27H32N2O5/c1-17(2)24(13-25(30)29-14-18(15-29)11-12-26(31)32)28-27(33)34-16-23-21-9-5-3-7-19(21)20-8-4-6-10-22(20)23/h3-10,17-18,23-24H,11-16H2,1-2H3,(H,28,33)(H,31,32). The first-order valence-electron chi connectivity index (χ1n) is 11.9. The maximum Gasteiger partial charge on any atom is 0.407 e. The number of hydrogen-bond acceptors (Lipinski definition) is 4. The highest BCUT2D eigenvalue weighted by atomic mass is 16.5. The van der Waals surface area contributed by atoms with Gasteiger partial charge in [0.05, 0.1) is 0 Å². The fourth-order valence-corrected chi connectivity index (χ4v) is 4.85. The molecular weight excluding hydrogens is 432 g/mol. The van der Waals surface area contributed by atoms with Crippen LogP contribution in [0.15, 0.2) is 48.5 Å². The van der Waals surface area contributed by atoms with Crippen LogP contribution in [-0.2, 0) is 14.3 Å². The maximum absolute atomic E-state index is 12.7. The van der Waals surface area contributed by atoms with Gasteiger partial charge in [0.25, 0.3) is 0 Å². The number of carbonyl (C=O) groups excluding carboxylic acids is 2. The molecule has 4 rings (SSSR count). The average Bonchev–Trinajstić information content (AvgIpc) is 3.09. The van der Waals surface area contributed by atoms with Crippen molar-refractivity contribution in [2.24, 2.45) is 11.8 Å². The predicted octanol–water partition coefficient (Wildman–Crippen LogP) is 4.26. The summed E-state index contributed by atoms with van der Waals surface area (Å²) in [5.41, 5.74) is 4.66. The first-order valence-corrected chi connectivity index (χ1v) is 11.9. The van der Waals surface area contributed by atoms with E-state index in [1.165, 1.54) is 11.1 Å². The minimum absolute atomic E-state index is 0.0129. The minimum atomic E-state index is -0.808. The van der Waals surface area contributed by atoms with Gasteiger partial charge in [-0.3, -0.25) is 9.59 Å². The van der Waals surface area contributed by atoms with Gasteiger partial charge in [-0.05, 0) is 40.5 Å². The van der Waals surface area contributed by atoms with Crippen LogP contribution in [0.1, 0.15) is 50.2 Å². The van der Waals surface area contributed by atoms with Gasteiger partial charge in [0.1, 0.15) is 6.61 Å². The van der Waals surface area contributed by atoms with Crippen LogP contribution in [0, 0.1) is 11.8 Å². The number of rotatable bonds is 9. The van der Waals surface area contributed by atoms with Gasteiger partial charge in [0, 0.05) is 37.9 Å². The van der Waals surface area contributed by atoms with Gasteiger partial charge in [-0.1, -0.05) is 62.4 Å². The van der Waals surface area contributed by atoms with Crippen molar-refractivity contribution in [3.8, 4) is 11.1 Å². The largest absolute Gasteiger partial charge is 0.481 e. The Kier molecular flexibility index (Phi) is 7.20. The molecule has 0 saturated carbocycles. The lowest BCUT2D eigenvalue weighted by Crippen LogP contribution is -2.52. The van der Waals surface area contributed by atoms with E-state index >= 15 is 0 Å². The van der Waals surface area contributed by atoms with Crippen LogP contribution in [-0.4, -0.2) is 53.7 Å². The molecule has 34 heavy (non-hydrogen) atoms. The molecule has 1 unspecified atom stereocenters. The number of nitrogens with zero attached hydrogens (tertiary/aromatic N) is 1. The quantitative estimate of drug-likeness (QED) is 0.578. The molecule has 180 valence electrons. The molecule has 0 aromatic heterocycles. The van der Waals surface area contributed by atoms with Crippen molar-refractivity contribution < 1.29 is 24.2 Å². The molecule has 7 nitrogen and oxygen atoms in total. The summed E-state index contributed by atoms with van der Waals surface area (Å²) in [4.78, 5) is 37.8. The first-order chi connectivity index (χ1) is 16.3. The Morgan fingerprint density at radius 2 is 1.62 bits per heavy atom. The van der Waals surface area contributed by atoms with E-state index in [1.54, 1.807) is 4.90 Å². The molecule has 1 aliphatic heterocycles. The Bertz CT molecular complexity index is 1010. The number of carboxylic acids is 1. The second-order valence-electron chi connectivity index (χ2n) is 9.62. The van der Waals surface area contributed by atoms with Crippen molar-refractivity contribution in [3.63, 3.8) is 0 Å². The summed E-state index contributed by atoms with van der Waals surface area (Å²) in [6, 6.07) is 16.0. The summed E-state index contributed by atoms with van der Waals surface area (Å²) in [5.74, 6) is -0.538. The number of ether oxygens (including phenoxy) is 1. The van der Waals surface area contributed by atoms with Gasteiger partial charge in [-0.25, -0.2) is 4.79 Å². The molecule has 7 heteroatoms. The molecule has 1 aliphatic carbocycles. The lowest BCUT2D eigenvalue weighted by Gasteiger charge is -2.40.